The molecule has 0 amide bonds. The van der Waals surface area contributed by atoms with Gasteiger partial charge in [-0.2, -0.15) is 0 Å². The number of hydrogen-bond donors (Lipinski definition) is 1. The van der Waals surface area contributed by atoms with Crippen molar-refractivity contribution >= 4 is 20.2 Å². The van der Waals surface area contributed by atoms with Crippen LogP contribution in [0, 0.1) is 0 Å². The fourth-order valence-electron chi connectivity index (χ4n) is 0.752. The minimum absolute atomic E-state index is 0.0630. The summed E-state index contributed by atoms with van der Waals surface area (Å²) < 4.78 is 2.61. The third-order valence-corrected chi connectivity index (χ3v) is 8.99. The van der Waals surface area contributed by atoms with Crippen molar-refractivity contribution in [2.75, 3.05) is 0 Å². The van der Waals surface area contributed by atoms with Crippen LogP contribution in [0.3, 0.4) is 0 Å². The molecule has 0 spiro atoms. The zero-order chi connectivity index (χ0) is 6.57. The van der Waals surface area contributed by atoms with Gasteiger partial charge in [0.25, 0.3) is 0 Å². The average Bonchev–Trinajstić information content (AvgIpc) is 1.69. The van der Waals surface area contributed by atoms with Gasteiger partial charge < -0.3 is 0 Å². The van der Waals surface area contributed by atoms with Crippen molar-refractivity contribution in [3.05, 3.63) is 0 Å². The Labute approximate surface area is 59.1 Å². The molecule has 0 aliphatic carbocycles. The topological polar surface area (TPSA) is 20.2 Å². The fraction of sp³-hybridized carbons (Fsp3) is 1.00. The molecule has 0 saturated heterocycles. The van der Waals surface area contributed by atoms with E-state index < -0.39 is 20.2 Å². The van der Waals surface area contributed by atoms with Crippen molar-refractivity contribution in [2.45, 2.75) is 33.6 Å². The van der Waals surface area contributed by atoms with E-state index in [2.05, 4.69) is 13.8 Å². The summed E-state index contributed by atoms with van der Waals surface area (Å²) in [6, 6.07) is 0. The third-order valence-electron chi connectivity index (χ3n) is 1.34. The quantitative estimate of drug-likeness (QED) is 0.720. The van der Waals surface area contributed by atoms with Gasteiger partial charge >= 0.3 is 58.9 Å². The summed E-state index contributed by atoms with van der Waals surface area (Å²) in [6.45, 7) is 6.33. The molecule has 0 bridgehead atoms. The summed E-state index contributed by atoms with van der Waals surface area (Å²) >= 11 is -1.10. The van der Waals surface area contributed by atoms with Crippen LogP contribution in [0.5, 0.6) is 0 Å². The fourth-order valence-corrected chi connectivity index (χ4v) is 5.04. The van der Waals surface area contributed by atoms with Crippen LogP contribution in [-0.2, 0) is 0 Å². The van der Waals surface area contributed by atoms with Gasteiger partial charge in [0, 0.05) is 0 Å². The maximum absolute atomic E-state index is 9.09. The van der Waals surface area contributed by atoms with Crippen LogP contribution in [0.25, 0.3) is 0 Å². The van der Waals surface area contributed by atoms with Crippen molar-refractivity contribution in [3.63, 3.8) is 0 Å². The molecule has 0 aromatic rings. The van der Waals surface area contributed by atoms with Gasteiger partial charge in [-0.25, -0.2) is 0 Å². The molecule has 0 aromatic carbocycles. The standard InChI is InChI=1S/C2H5O.2C2H5.Sb/c1-2-3;2*1-2;/h2-3H,1H3;2*1H2,2H3;. The van der Waals surface area contributed by atoms with Crippen LogP contribution in [0.2, 0.25) is 8.73 Å². The van der Waals surface area contributed by atoms with Crippen molar-refractivity contribution in [1.29, 1.82) is 0 Å². The molecule has 8 heavy (non-hydrogen) atoms. The Kier molecular flexibility index (Phi) is 5.09. The molecule has 1 atom stereocenters. The van der Waals surface area contributed by atoms with Gasteiger partial charge in [-0.3, -0.25) is 0 Å². The molecular weight excluding hydrogens is 210 g/mol. The molecule has 0 fully saturated rings. The van der Waals surface area contributed by atoms with E-state index in [0.717, 1.165) is 0 Å². The average molecular weight is 225 g/mol. The third kappa shape index (κ3) is 2.94. The zero-order valence-corrected chi connectivity index (χ0v) is 8.44. The van der Waals surface area contributed by atoms with Crippen molar-refractivity contribution < 1.29 is 5.11 Å². The van der Waals surface area contributed by atoms with Crippen LogP contribution in [-0.4, -0.2) is 29.4 Å². The molecule has 0 aliphatic rings. The van der Waals surface area contributed by atoms with Gasteiger partial charge in [0.05, 0.1) is 0 Å². The molecule has 1 unspecified atom stereocenters. The van der Waals surface area contributed by atoms with E-state index in [0.29, 0.717) is 0 Å². The monoisotopic (exact) mass is 224 g/mol. The Morgan fingerprint density at radius 3 is 1.75 bits per heavy atom. The van der Waals surface area contributed by atoms with Crippen LogP contribution in [0.1, 0.15) is 20.8 Å². The number of rotatable bonds is 3. The molecule has 1 nitrogen and oxygen atoms in total. The molecule has 50 valence electrons. The number of aliphatic hydroxyl groups is 1. The van der Waals surface area contributed by atoms with E-state index in [9.17, 15) is 0 Å². The van der Waals surface area contributed by atoms with Crippen LogP contribution in [0.4, 0.5) is 0 Å². The second-order valence-electron chi connectivity index (χ2n) is 1.85. The predicted octanol–water partition coefficient (Wildman–Crippen LogP) is 1.44. The van der Waals surface area contributed by atoms with Gasteiger partial charge in [-0.15, -0.1) is 0 Å². The van der Waals surface area contributed by atoms with Crippen molar-refractivity contribution in [1.82, 2.24) is 0 Å². The summed E-state index contributed by atoms with van der Waals surface area (Å²) in [5.41, 5.74) is 0. The summed E-state index contributed by atoms with van der Waals surface area (Å²) in [7, 11) is 0. The van der Waals surface area contributed by atoms with E-state index in [1.54, 1.807) is 0 Å². The van der Waals surface area contributed by atoms with E-state index in [4.69, 9.17) is 5.11 Å². The molecule has 1 N–H and O–H groups in total. The first kappa shape index (κ1) is 8.78. The van der Waals surface area contributed by atoms with Gasteiger partial charge in [-0.1, -0.05) is 0 Å². The number of hydrogen-bond acceptors (Lipinski definition) is 1. The van der Waals surface area contributed by atoms with Crippen LogP contribution >= 0.6 is 0 Å². The van der Waals surface area contributed by atoms with E-state index >= 15 is 0 Å². The SMILES string of the molecule is C[CH2][Sb]([CH2]C)[CH](C)O. The molecule has 0 saturated carbocycles. The summed E-state index contributed by atoms with van der Waals surface area (Å²) in [4.78, 5) is 0. The summed E-state index contributed by atoms with van der Waals surface area (Å²) in [5.74, 6) is 0. The molecule has 0 aromatic heterocycles. The molecule has 0 rings (SSSR count). The molecule has 0 heterocycles. The first-order valence-electron chi connectivity index (χ1n) is 3.14. The second-order valence-corrected chi connectivity index (χ2v) is 11.0. The molecular formula is C6H15OSb. The summed E-state index contributed by atoms with van der Waals surface area (Å²) in [6.07, 6.45) is 0. The first-order chi connectivity index (χ1) is 3.72. The Balaban J connectivity index is 3.35. The van der Waals surface area contributed by atoms with E-state index in [1.807, 2.05) is 6.92 Å². The summed E-state index contributed by atoms with van der Waals surface area (Å²) in [5, 5.41) is 9.09. The van der Waals surface area contributed by atoms with Crippen LogP contribution < -0.4 is 0 Å². The van der Waals surface area contributed by atoms with Crippen LogP contribution in [0.15, 0.2) is 0 Å². The maximum atomic E-state index is 9.09. The van der Waals surface area contributed by atoms with Gasteiger partial charge in [0.15, 0.2) is 0 Å². The van der Waals surface area contributed by atoms with Crippen molar-refractivity contribution in [2.24, 2.45) is 0 Å². The minimum atomic E-state index is -1.10. The normalized spacial score (nSPS) is 14.6. The molecule has 2 heteroatoms. The van der Waals surface area contributed by atoms with E-state index in [1.165, 1.54) is 8.73 Å². The Bertz CT molecular complexity index is 50.5. The zero-order valence-electron chi connectivity index (χ0n) is 5.89. The first-order valence-corrected chi connectivity index (χ1v) is 8.22. The van der Waals surface area contributed by atoms with E-state index in [-0.39, 0.29) is 4.05 Å². The number of aliphatic hydroxyl groups excluding tert-OH is 1. The molecule has 0 radical (unpaired) electrons. The Morgan fingerprint density at radius 1 is 1.38 bits per heavy atom. The Hall–Kier alpha value is 0.778. The molecule has 0 aliphatic heterocycles. The van der Waals surface area contributed by atoms with Gasteiger partial charge in [-0.05, 0) is 0 Å². The Morgan fingerprint density at radius 2 is 1.75 bits per heavy atom. The second kappa shape index (κ2) is 4.64. The predicted molar refractivity (Wildman–Crippen MR) is 38.4 cm³/mol. The van der Waals surface area contributed by atoms with Gasteiger partial charge in [0.2, 0.25) is 0 Å². The van der Waals surface area contributed by atoms with Crippen molar-refractivity contribution in [3.8, 4) is 0 Å². The van der Waals surface area contributed by atoms with Gasteiger partial charge in [0.1, 0.15) is 0 Å².